The van der Waals surface area contributed by atoms with E-state index in [9.17, 15) is 10.1 Å². The third-order valence-corrected chi connectivity index (χ3v) is 11.7. The third-order valence-electron chi connectivity index (χ3n) is 7.30. The number of nitrogens with one attached hydrogen (secondary N) is 1. The smallest absolute Gasteiger partial charge is 0.293 e. The molecule has 0 atom stereocenters. The molecule has 0 saturated heterocycles. The molecule has 1 aliphatic heterocycles. The Bertz CT molecular complexity index is 1240. The Morgan fingerprint density at radius 3 is 2.50 bits per heavy atom. The van der Waals surface area contributed by atoms with Crippen molar-refractivity contribution in [1.82, 2.24) is 14.7 Å². The summed E-state index contributed by atoms with van der Waals surface area (Å²) in [6, 6.07) is 9.31. The van der Waals surface area contributed by atoms with Crippen molar-refractivity contribution in [3.63, 3.8) is 0 Å². The van der Waals surface area contributed by atoms with Crippen LogP contribution in [-0.4, -0.2) is 47.6 Å². The molecule has 3 aromatic rings. The first-order valence-electron chi connectivity index (χ1n) is 12.0. The van der Waals surface area contributed by atoms with Gasteiger partial charge in [-0.05, 0) is 55.5 Å². The lowest BCUT2D eigenvalue weighted by Gasteiger charge is -2.36. The van der Waals surface area contributed by atoms with Crippen LogP contribution < -0.4 is 9.74 Å². The molecule has 8 nitrogen and oxygen atoms in total. The summed E-state index contributed by atoms with van der Waals surface area (Å²) in [5, 5.41) is 21.0. The van der Waals surface area contributed by atoms with Crippen LogP contribution in [0.25, 0.3) is 22.2 Å². The van der Waals surface area contributed by atoms with E-state index in [2.05, 4.69) is 57.9 Å². The molecule has 0 spiro atoms. The van der Waals surface area contributed by atoms with E-state index < -0.39 is 8.32 Å². The highest BCUT2D eigenvalue weighted by molar-refractivity contribution is 6.74. The summed E-state index contributed by atoms with van der Waals surface area (Å²) >= 11 is 0. The summed E-state index contributed by atoms with van der Waals surface area (Å²) in [6.07, 6.45) is 0. The lowest BCUT2D eigenvalue weighted by Crippen LogP contribution is -2.43. The highest BCUT2D eigenvalue weighted by Gasteiger charge is 2.39. The van der Waals surface area contributed by atoms with E-state index in [1.807, 2.05) is 28.9 Å². The number of aromatic nitrogens is 2. The minimum atomic E-state index is -2.02. The second-order valence-electron chi connectivity index (χ2n) is 10.4. The van der Waals surface area contributed by atoms with Crippen molar-refractivity contribution in [1.29, 1.82) is 0 Å². The molecule has 0 aliphatic carbocycles. The van der Waals surface area contributed by atoms with Crippen LogP contribution in [0.15, 0.2) is 30.3 Å². The number of hydrogen-bond acceptors (Lipinski definition) is 6. The van der Waals surface area contributed by atoms with E-state index in [0.29, 0.717) is 12.2 Å². The maximum absolute atomic E-state index is 11.8. The summed E-state index contributed by atoms with van der Waals surface area (Å²) < 4.78 is 8.54. The van der Waals surface area contributed by atoms with Crippen LogP contribution in [-0.2, 0) is 6.54 Å². The average Bonchev–Trinajstić information content (AvgIpc) is 3.14. The van der Waals surface area contributed by atoms with Gasteiger partial charge in [0, 0.05) is 23.9 Å². The Kier molecular flexibility index (Phi) is 6.20. The fourth-order valence-electron chi connectivity index (χ4n) is 4.15. The third kappa shape index (κ3) is 4.18. The fraction of sp³-hybridized carbons (Fsp3) is 0.480. The summed E-state index contributed by atoms with van der Waals surface area (Å²) in [7, 11) is -2.02. The number of nitrogens with zero attached hydrogens (tertiary/aromatic N) is 4. The maximum atomic E-state index is 11.8. The molecule has 0 saturated carbocycles. The summed E-state index contributed by atoms with van der Waals surface area (Å²) in [6.45, 7) is 18.9. The summed E-state index contributed by atoms with van der Waals surface area (Å²) in [5.41, 5.74) is 3.95. The Morgan fingerprint density at radius 1 is 1.18 bits per heavy atom. The number of nitro groups is 1. The largest absolute Gasteiger partial charge is 0.543 e. The number of anilines is 2. The van der Waals surface area contributed by atoms with Gasteiger partial charge in [-0.1, -0.05) is 34.6 Å². The molecule has 0 unspecified atom stereocenters. The molecule has 0 fully saturated rings. The van der Waals surface area contributed by atoms with Crippen molar-refractivity contribution in [3.8, 4) is 17.0 Å². The monoisotopic (exact) mass is 481 g/mol. The zero-order chi connectivity index (χ0) is 24.8. The minimum Gasteiger partial charge on any atom is -0.543 e. The van der Waals surface area contributed by atoms with Crippen molar-refractivity contribution in [2.45, 2.75) is 59.3 Å². The number of likely N-dealkylation sites (N-methyl/N-ethyl adjacent to an activating group) is 1. The Balaban J connectivity index is 1.83. The lowest BCUT2D eigenvalue weighted by atomic mass is 9.99. The molecule has 2 aromatic carbocycles. The van der Waals surface area contributed by atoms with Crippen LogP contribution in [0.1, 0.15) is 34.6 Å². The van der Waals surface area contributed by atoms with Crippen LogP contribution >= 0.6 is 0 Å². The zero-order valence-electron chi connectivity index (χ0n) is 21.2. The van der Waals surface area contributed by atoms with Crippen molar-refractivity contribution in [2.24, 2.45) is 0 Å². The van der Waals surface area contributed by atoms with Crippen molar-refractivity contribution in [3.05, 3.63) is 40.4 Å². The van der Waals surface area contributed by atoms with Crippen molar-refractivity contribution in [2.75, 3.05) is 25.0 Å². The van der Waals surface area contributed by atoms with E-state index in [1.165, 1.54) is 0 Å². The van der Waals surface area contributed by atoms with Gasteiger partial charge in [-0.25, -0.2) is 0 Å². The predicted octanol–water partition coefficient (Wildman–Crippen LogP) is 6.39. The molecule has 1 aromatic heterocycles. The van der Waals surface area contributed by atoms with Crippen LogP contribution in [0.2, 0.25) is 18.1 Å². The molecule has 182 valence electrons. The van der Waals surface area contributed by atoms with E-state index in [-0.39, 0.29) is 15.6 Å². The molecule has 0 bridgehead atoms. The number of fused-ring (bicyclic) bond motifs is 2. The minimum absolute atomic E-state index is 0.0595. The number of hydrogen-bond donors (Lipinski definition) is 1. The molecular weight excluding hydrogens is 446 g/mol. The quantitative estimate of drug-likeness (QED) is 0.178. The van der Waals surface area contributed by atoms with Crippen LogP contribution in [0, 0.1) is 10.1 Å². The highest BCUT2D eigenvalue weighted by Crippen LogP contribution is 2.48. The van der Waals surface area contributed by atoms with Gasteiger partial charge >= 0.3 is 0 Å². The predicted molar refractivity (Wildman–Crippen MR) is 141 cm³/mol. The van der Waals surface area contributed by atoms with Gasteiger partial charge in [-0.3, -0.25) is 14.8 Å². The van der Waals surface area contributed by atoms with Gasteiger partial charge < -0.3 is 14.6 Å². The lowest BCUT2D eigenvalue weighted by molar-refractivity contribution is -0.383. The van der Waals surface area contributed by atoms with Crippen molar-refractivity contribution < 1.29 is 9.35 Å². The average molecular weight is 482 g/mol. The topological polar surface area (TPSA) is 85.5 Å². The fourth-order valence-corrected chi connectivity index (χ4v) is 5.17. The maximum Gasteiger partial charge on any atom is 0.293 e. The highest BCUT2D eigenvalue weighted by atomic mass is 28.4. The molecule has 1 aliphatic rings. The first-order chi connectivity index (χ1) is 16.0. The number of benzene rings is 2. The summed E-state index contributed by atoms with van der Waals surface area (Å²) in [5.74, 6) is 0.812. The molecular formula is C25H35N5O3Si. The Morgan fingerprint density at radius 2 is 1.88 bits per heavy atom. The van der Waals surface area contributed by atoms with Gasteiger partial charge in [-0.15, -0.1) is 0 Å². The van der Waals surface area contributed by atoms with Crippen molar-refractivity contribution >= 4 is 36.3 Å². The van der Waals surface area contributed by atoms with E-state index in [4.69, 9.17) is 9.52 Å². The first kappa shape index (κ1) is 24.2. The van der Waals surface area contributed by atoms with E-state index in [1.54, 1.807) is 6.07 Å². The molecule has 0 radical (unpaired) electrons. The molecule has 4 rings (SSSR count). The zero-order valence-corrected chi connectivity index (χ0v) is 22.2. The van der Waals surface area contributed by atoms with E-state index in [0.717, 1.165) is 53.2 Å². The number of nitro benzene ring substituents is 1. The molecule has 0 amide bonds. The SMILES string of the molecule is CCN(CC)CCn1nc2c3c(c([N+](=O)[O-])ccc31)Nc1ccc(O[Si](C)(C)C(C)(C)C)cc1-2. The molecule has 2 heterocycles. The number of rotatable bonds is 8. The second-order valence-corrected chi connectivity index (χ2v) is 15.1. The van der Waals surface area contributed by atoms with Gasteiger partial charge in [0.2, 0.25) is 8.32 Å². The standard InChI is InChI=1S/C25H35N5O3Si/c1-8-28(9-2)14-15-29-20-12-13-21(30(31)32)24-22(20)23(27-29)18-16-17(10-11-19(18)26-24)33-34(6,7)25(3,4)5/h10-13,16,26H,8-9,14-15H2,1-7H3. The van der Waals surface area contributed by atoms with Crippen LogP contribution in [0.5, 0.6) is 5.75 Å². The Labute approximate surface area is 202 Å². The molecule has 34 heavy (non-hydrogen) atoms. The van der Waals surface area contributed by atoms with Gasteiger partial charge in [0.15, 0.2) is 0 Å². The Hall–Kier alpha value is -2.91. The molecule has 9 heteroatoms. The van der Waals surface area contributed by atoms with E-state index >= 15 is 0 Å². The van der Waals surface area contributed by atoms with Crippen LogP contribution in [0.3, 0.4) is 0 Å². The van der Waals surface area contributed by atoms with Gasteiger partial charge in [0.25, 0.3) is 5.69 Å². The van der Waals surface area contributed by atoms with Gasteiger partial charge in [-0.2, -0.15) is 5.10 Å². The van der Waals surface area contributed by atoms with Gasteiger partial charge in [0.1, 0.15) is 17.1 Å². The molecule has 1 N–H and O–H groups in total. The second kappa shape index (κ2) is 8.70. The van der Waals surface area contributed by atoms with Crippen LogP contribution in [0.4, 0.5) is 17.1 Å². The normalized spacial score (nSPS) is 13.2. The first-order valence-corrected chi connectivity index (χ1v) is 14.9. The summed E-state index contributed by atoms with van der Waals surface area (Å²) in [4.78, 5) is 13.8. The van der Waals surface area contributed by atoms with Gasteiger partial charge in [0.05, 0.1) is 22.4 Å².